The average Bonchev–Trinajstić information content (AvgIpc) is 1.84. The zero-order valence-corrected chi connectivity index (χ0v) is 5.88. The SMILES string of the molecule is N[C@@H](CS)C(=S)NO. The lowest BCUT2D eigenvalue weighted by Crippen LogP contribution is -2.38. The Morgan fingerprint density at radius 2 is 2.50 bits per heavy atom. The van der Waals surface area contributed by atoms with Crippen LogP contribution in [0.2, 0.25) is 0 Å². The second-order valence-corrected chi connectivity index (χ2v) is 2.07. The summed E-state index contributed by atoms with van der Waals surface area (Å²) in [6.07, 6.45) is 0. The van der Waals surface area contributed by atoms with Gasteiger partial charge in [-0.05, 0) is 0 Å². The van der Waals surface area contributed by atoms with Crippen LogP contribution < -0.4 is 11.2 Å². The third kappa shape index (κ3) is 2.46. The molecule has 0 spiro atoms. The molecule has 0 bridgehead atoms. The quantitative estimate of drug-likeness (QED) is 0.246. The van der Waals surface area contributed by atoms with Gasteiger partial charge in [0.15, 0.2) is 0 Å². The van der Waals surface area contributed by atoms with Crippen LogP contribution in [0.4, 0.5) is 0 Å². The molecule has 0 radical (unpaired) electrons. The number of rotatable bonds is 2. The molecule has 5 heteroatoms. The van der Waals surface area contributed by atoms with Gasteiger partial charge in [-0.1, -0.05) is 12.2 Å². The molecule has 0 aromatic rings. The topological polar surface area (TPSA) is 58.3 Å². The van der Waals surface area contributed by atoms with Crippen molar-refractivity contribution < 1.29 is 5.21 Å². The number of hydrogen-bond acceptors (Lipinski definition) is 4. The van der Waals surface area contributed by atoms with E-state index in [4.69, 9.17) is 10.9 Å². The van der Waals surface area contributed by atoms with Crippen LogP contribution in [0.1, 0.15) is 0 Å². The molecule has 0 aromatic carbocycles. The maximum absolute atomic E-state index is 8.13. The minimum Gasteiger partial charge on any atom is -0.321 e. The summed E-state index contributed by atoms with van der Waals surface area (Å²) in [7, 11) is 0. The smallest absolute Gasteiger partial charge is 0.118 e. The minimum absolute atomic E-state index is 0.222. The van der Waals surface area contributed by atoms with Crippen molar-refractivity contribution in [3.8, 4) is 0 Å². The zero-order chi connectivity index (χ0) is 6.57. The lowest BCUT2D eigenvalue weighted by Gasteiger charge is -2.06. The van der Waals surface area contributed by atoms with Gasteiger partial charge in [-0.15, -0.1) is 0 Å². The summed E-state index contributed by atoms with van der Waals surface area (Å²) in [5, 5.41) is 8.13. The van der Waals surface area contributed by atoms with E-state index in [0.717, 1.165) is 0 Å². The number of hydrogen-bond donors (Lipinski definition) is 4. The fourth-order valence-corrected chi connectivity index (χ4v) is 0.555. The summed E-state index contributed by atoms with van der Waals surface area (Å²) in [6.45, 7) is 0. The van der Waals surface area contributed by atoms with Crippen LogP contribution in [0.3, 0.4) is 0 Å². The molecular formula is C3H8N2OS2. The lowest BCUT2D eigenvalue weighted by molar-refractivity contribution is 0.234. The van der Waals surface area contributed by atoms with Crippen molar-refractivity contribution in [3.05, 3.63) is 0 Å². The first-order valence-corrected chi connectivity index (χ1v) is 3.06. The zero-order valence-electron chi connectivity index (χ0n) is 4.16. The van der Waals surface area contributed by atoms with E-state index in [1.807, 2.05) is 0 Å². The monoisotopic (exact) mass is 152 g/mol. The Bertz CT molecular complexity index is 87.4. The highest BCUT2D eigenvalue weighted by molar-refractivity contribution is 7.81. The summed E-state index contributed by atoms with van der Waals surface area (Å²) >= 11 is 8.39. The average molecular weight is 152 g/mol. The van der Waals surface area contributed by atoms with E-state index in [1.165, 1.54) is 0 Å². The van der Waals surface area contributed by atoms with Gasteiger partial charge in [0, 0.05) is 5.75 Å². The van der Waals surface area contributed by atoms with E-state index in [1.54, 1.807) is 5.48 Å². The van der Waals surface area contributed by atoms with E-state index in [9.17, 15) is 0 Å². The summed E-state index contributed by atoms with van der Waals surface area (Å²) in [5.41, 5.74) is 7.06. The maximum Gasteiger partial charge on any atom is 0.118 e. The standard InChI is InChI=1S/C3H8N2OS2/c4-2(1-7)3(8)5-6/h2,6-7H,1,4H2,(H,5,8)/t2-/m0/s1. The highest BCUT2D eigenvalue weighted by Crippen LogP contribution is 1.83. The molecule has 0 saturated heterocycles. The van der Waals surface area contributed by atoms with Crippen molar-refractivity contribution >= 4 is 29.8 Å². The van der Waals surface area contributed by atoms with E-state index in [0.29, 0.717) is 5.75 Å². The number of nitrogens with one attached hydrogen (secondary N) is 1. The second-order valence-electron chi connectivity index (χ2n) is 1.27. The van der Waals surface area contributed by atoms with Gasteiger partial charge in [-0.25, -0.2) is 0 Å². The summed E-state index contributed by atoms with van der Waals surface area (Å²) < 4.78 is 0. The van der Waals surface area contributed by atoms with E-state index >= 15 is 0 Å². The third-order valence-electron chi connectivity index (χ3n) is 0.644. The number of hydroxylamine groups is 1. The molecule has 1 atom stereocenters. The second kappa shape index (κ2) is 4.08. The highest BCUT2D eigenvalue weighted by atomic mass is 32.1. The Labute approximate surface area is 58.6 Å². The van der Waals surface area contributed by atoms with Crippen molar-refractivity contribution in [1.82, 2.24) is 5.48 Å². The lowest BCUT2D eigenvalue weighted by atomic mass is 10.4. The fourth-order valence-electron chi connectivity index (χ4n) is 0.166. The van der Waals surface area contributed by atoms with Crippen molar-refractivity contribution in [3.63, 3.8) is 0 Å². The Kier molecular flexibility index (Phi) is 4.16. The Hall–Kier alpha value is 0.160. The molecule has 0 unspecified atom stereocenters. The van der Waals surface area contributed by atoms with Gasteiger partial charge in [-0.3, -0.25) is 10.7 Å². The molecule has 0 heterocycles. The van der Waals surface area contributed by atoms with Crippen LogP contribution in [0.25, 0.3) is 0 Å². The molecule has 0 saturated carbocycles. The molecule has 0 amide bonds. The van der Waals surface area contributed by atoms with Crippen molar-refractivity contribution in [1.29, 1.82) is 0 Å². The molecule has 48 valence electrons. The van der Waals surface area contributed by atoms with Crippen molar-refractivity contribution in [2.75, 3.05) is 5.75 Å². The third-order valence-corrected chi connectivity index (χ3v) is 1.43. The largest absolute Gasteiger partial charge is 0.321 e. The normalized spacial score (nSPS) is 12.9. The van der Waals surface area contributed by atoms with Crippen LogP contribution in [-0.2, 0) is 0 Å². The van der Waals surface area contributed by atoms with Gasteiger partial charge in [0.05, 0.1) is 6.04 Å². The van der Waals surface area contributed by atoms with Gasteiger partial charge in [0.2, 0.25) is 0 Å². The molecule has 0 aliphatic carbocycles. The Balaban J connectivity index is 3.46. The van der Waals surface area contributed by atoms with Gasteiger partial charge in [-0.2, -0.15) is 12.6 Å². The highest BCUT2D eigenvalue weighted by Gasteiger charge is 2.03. The first-order chi connectivity index (χ1) is 3.72. The fraction of sp³-hybridized carbons (Fsp3) is 0.667. The van der Waals surface area contributed by atoms with Crippen LogP contribution in [-0.4, -0.2) is 22.0 Å². The molecule has 0 aromatic heterocycles. The van der Waals surface area contributed by atoms with Crippen LogP contribution in [0.15, 0.2) is 0 Å². The first-order valence-electron chi connectivity index (χ1n) is 2.02. The van der Waals surface area contributed by atoms with Gasteiger partial charge < -0.3 is 5.73 Å². The van der Waals surface area contributed by atoms with Gasteiger partial charge in [0.1, 0.15) is 4.99 Å². The summed E-state index contributed by atoms with van der Waals surface area (Å²) in [5.74, 6) is 0.437. The van der Waals surface area contributed by atoms with E-state index < -0.39 is 0 Å². The van der Waals surface area contributed by atoms with Crippen molar-refractivity contribution in [2.24, 2.45) is 5.73 Å². The number of thiol groups is 1. The van der Waals surface area contributed by atoms with Crippen LogP contribution >= 0.6 is 24.8 Å². The Morgan fingerprint density at radius 3 is 2.62 bits per heavy atom. The van der Waals surface area contributed by atoms with Gasteiger partial charge in [0.25, 0.3) is 0 Å². The minimum atomic E-state index is -0.349. The van der Waals surface area contributed by atoms with Gasteiger partial charge >= 0.3 is 0 Å². The Morgan fingerprint density at radius 1 is 2.00 bits per heavy atom. The number of nitrogens with two attached hydrogens (primary N) is 1. The van der Waals surface area contributed by atoms with E-state index in [-0.39, 0.29) is 11.0 Å². The van der Waals surface area contributed by atoms with E-state index in [2.05, 4.69) is 24.8 Å². The molecule has 3 nitrogen and oxygen atoms in total. The first kappa shape index (κ1) is 8.16. The van der Waals surface area contributed by atoms with Crippen molar-refractivity contribution in [2.45, 2.75) is 6.04 Å². The number of thiocarbonyl (C=S) groups is 1. The summed E-state index contributed by atoms with van der Waals surface area (Å²) in [4.78, 5) is 0.222. The maximum atomic E-state index is 8.13. The molecule has 8 heavy (non-hydrogen) atoms. The predicted octanol–water partition coefficient (Wildman–Crippen LogP) is -0.450. The molecule has 0 rings (SSSR count). The molecule has 0 aliphatic rings. The van der Waals surface area contributed by atoms with Crippen LogP contribution in [0, 0.1) is 0 Å². The molecule has 4 N–H and O–H groups in total. The molecular weight excluding hydrogens is 144 g/mol. The molecule has 0 aliphatic heterocycles. The van der Waals surface area contributed by atoms with Crippen LogP contribution in [0.5, 0.6) is 0 Å². The predicted molar refractivity (Wildman–Crippen MR) is 39.3 cm³/mol. The molecule has 0 fully saturated rings. The summed E-state index contributed by atoms with van der Waals surface area (Å²) in [6, 6.07) is -0.349.